The van der Waals surface area contributed by atoms with Crippen LogP contribution in [-0.2, 0) is 9.53 Å². The molecule has 1 aliphatic heterocycles. The minimum absolute atomic E-state index is 0.0794. The molecule has 1 aliphatic rings. The lowest BCUT2D eigenvalue weighted by atomic mass is 10.1. The second-order valence-corrected chi connectivity index (χ2v) is 5.06. The molecule has 1 aromatic rings. The maximum Gasteiger partial charge on any atom is 0.251 e. The summed E-state index contributed by atoms with van der Waals surface area (Å²) in [6.45, 7) is 4.03. The molecule has 1 fully saturated rings. The number of aryl methyl sites for hydroxylation is 1. The molecule has 1 saturated heterocycles. The first-order valence-electron chi connectivity index (χ1n) is 7.05. The first-order valence-corrected chi connectivity index (χ1v) is 7.05. The van der Waals surface area contributed by atoms with Gasteiger partial charge in [-0.25, -0.2) is 0 Å². The third-order valence-corrected chi connectivity index (χ3v) is 3.41. The summed E-state index contributed by atoms with van der Waals surface area (Å²) in [5.74, 6) is -0.225. The Bertz CT molecular complexity index is 525. The third-order valence-electron chi connectivity index (χ3n) is 3.41. The van der Waals surface area contributed by atoms with Crippen LogP contribution in [-0.4, -0.2) is 44.7 Å². The van der Waals surface area contributed by atoms with Crippen LogP contribution in [0.4, 0.5) is 5.69 Å². The quantitative estimate of drug-likeness (QED) is 0.762. The third kappa shape index (κ3) is 4.27. The number of hydrogen-bond donors (Lipinski definition) is 3. The van der Waals surface area contributed by atoms with Gasteiger partial charge in [-0.05, 0) is 30.7 Å². The molecular formula is C15H21N3O3. The van der Waals surface area contributed by atoms with E-state index in [2.05, 4.69) is 16.0 Å². The van der Waals surface area contributed by atoms with Crippen molar-refractivity contribution in [3.05, 3.63) is 29.3 Å². The molecule has 0 aliphatic carbocycles. The predicted octanol–water partition coefficient (Wildman–Crippen LogP) is 0.672. The van der Waals surface area contributed by atoms with Crippen molar-refractivity contribution >= 4 is 17.5 Å². The summed E-state index contributed by atoms with van der Waals surface area (Å²) in [4.78, 5) is 23.5. The highest BCUT2D eigenvalue weighted by Crippen LogP contribution is 2.17. The molecule has 1 aromatic carbocycles. The minimum atomic E-state index is -0.141. The molecule has 0 radical (unpaired) electrons. The summed E-state index contributed by atoms with van der Waals surface area (Å²) in [6, 6.07) is 5.20. The molecule has 114 valence electrons. The number of carbonyl (C=O) groups excluding carboxylic acids is 2. The number of hydrogen-bond acceptors (Lipinski definition) is 4. The van der Waals surface area contributed by atoms with E-state index in [9.17, 15) is 9.59 Å². The summed E-state index contributed by atoms with van der Waals surface area (Å²) < 4.78 is 5.51. The number of benzene rings is 1. The predicted molar refractivity (Wildman–Crippen MR) is 80.4 cm³/mol. The van der Waals surface area contributed by atoms with Gasteiger partial charge in [-0.1, -0.05) is 0 Å². The first-order chi connectivity index (χ1) is 10.1. The van der Waals surface area contributed by atoms with Crippen molar-refractivity contribution in [3.8, 4) is 0 Å². The number of rotatable bonds is 4. The Kier molecular flexibility index (Phi) is 5.30. The van der Waals surface area contributed by atoms with E-state index in [0.717, 1.165) is 17.8 Å². The van der Waals surface area contributed by atoms with Crippen molar-refractivity contribution in [2.24, 2.45) is 0 Å². The summed E-state index contributed by atoms with van der Waals surface area (Å²) in [7, 11) is 1.59. The number of nitrogens with one attached hydrogen (secondary N) is 3. The Balaban J connectivity index is 1.95. The fourth-order valence-electron chi connectivity index (χ4n) is 2.25. The molecule has 0 aromatic heterocycles. The standard InChI is InChI=1S/C15H21N3O3/c1-10-7-11(15(20)16-2)3-4-13(10)18-14(19)8-12-9-17-5-6-21-12/h3-4,7,12,17H,5-6,8-9H2,1-2H3,(H,16,20)(H,18,19). The molecule has 0 spiro atoms. The van der Waals surface area contributed by atoms with Crippen LogP contribution in [0.5, 0.6) is 0 Å². The second kappa shape index (κ2) is 7.19. The highest BCUT2D eigenvalue weighted by molar-refractivity contribution is 5.96. The van der Waals surface area contributed by atoms with Crippen molar-refractivity contribution in [2.75, 3.05) is 32.1 Å². The first kappa shape index (κ1) is 15.5. The van der Waals surface area contributed by atoms with E-state index in [-0.39, 0.29) is 17.9 Å². The number of amides is 2. The van der Waals surface area contributed by atoms with Crippen molar-refractivity contribution in [1.82, 2.24) is 10.6 Å². The Labute approximate surface area is 124 Å². The number of carbonyl (C=O) groups is 2. The van der Waals surface area contributed by atoms with Gasteiger partial charge in [-0.2, -0.15) is 0 Å². The zero-order valence-corrected chi connectivity index (χ0v) is 12.4. The Morgan fingerprint density at radius 3 is 2.86 bits per heavy atom. The van der Waals surface area contributed by atoms with Crippen LogP contribution in [0.25, 0.3) is 0 Å². The van der Waals surface area contributed by atoms with Crippen molar-refractivity contribution in [2.45, 2.75) is 19.4 Å². The zero-order valence-electron chi connectivity index (χ0n) is 12.4. The summed E-state index contributed by atoms with van der Waals surface area (Å²) in [5, 5.41) is 8.63. The van der Waals surface area contributed by atoms with Crippen LogP contribution in [0.1, 0.15) is 22.3 Å². The molecule has 6 heteroatoms. The van der Waals surface area contributed by atoms with Crippen molar-refractivity contribution < 1.29 is 14.3 Å². The molecule has 1 heterocycles. The Hall–Kier alpha value is -1.92. The summed E-state index contributed by atoms with van der Waals surface area (Å²) in [5.41, 5.74) is 2.15. The van der Waals surface area contributed by atoms with Gasteiger partial charge in [0.2, 0.25) is 5.91 Å². The van der Waals surface area contributed by atoms with E-state index in [1.54, 1.807) is 25.2 Å². The maximum absolute atomic E-state index is 12.0. The molecule has 1 atom stereocenters. The second-order valence-electron chi connectivity index (χ2n) is 5.06. The van der Waals surface area contributed by atoms with Crippen LogP contribution in [0, 0.1) is 6.92 Å². The smallest absolute Gasteiger partial charge is 0.251 e. The molecule has 2 amide bonds. The van der Waals surface area contributed by atoms with E-state index in [1.807, 2.05) is 6.92 Å². The average Bonchev–Trinajstić information content (AvgIpc) is 2.49. The van der Waals surface area contributed by atoms with Crippen molar-refractivity contribution in [1.29, 1.82) is 0 Å². The molecule has 0 bridgehead atoms. The maximum atomic E-state index is 12.0. The van der Waals surface area contributed by atoms with Gasteiger partial charge in [-0.3, -0.25) is 9.59 Å². The molecule has 21 heavy (non-hydrogen) atoms. The van der Waals surface area contributed by atoms with Gasteiger partial charge in [0.05, 0.1) is 19.1 Å². The Morgan fingerprint density at radius 1 is 1.43 bits per heavy atom. The number of anilines is 1. The SMILES string of the molecule is CNC(=O)c1ccc(NC(=O)CC2CNCCO2)c(C)c1. The van der Waals surface area contributed by atoms with Crippen LogP contribution in [0.2, 0.25) is 0 Å². The number of ether oxygens (including phenoxy) is 1. The van der Waals surface area contributed by atoms with Crippen LogP contribution in [0.15, 0.2) is 18.2 Å². The van der Waals surface area contributed by atoms with E-state index in [4.69, 9.17) is 4.74 Å². The van der Waals surface area contributed by atoms with Gasteiger partial charge in [0.1, 0.15) is 0 Å². The normalized spacial score (nSPS) is 18.1. The van der Waals surface area contributed by atoms with E-state index < -0.39 is 0 Å². The molecule has 3 N–H and O–H groups in total. The molecule has 6 nitrogen and oxygen atoms in total. The van der Waals surface area contributed by atoms with Crippen LogP contribution < -0.4 is 16.0 Å². The fourth-order valence-corrected chi connectivity index (χ4v) is 2.25. The summed E-state index contributed by atoms with van der Waals surface area (Å²) >= 11 is 0. The number of morpholine rings is 1. The molecular weight excluding hydrogens is 270 g/mol. The largest absolute Gasteiger partial charge is 0.375 e. The van der Waals surface area contributed by atoms with Crippen molar-refractivity contribution in [3.63, 3.8) is 0 Å². The van der Waals surface area contributed by atoms with Gasteiger partial charge >= 0.3 is 0 Å². The lowest BCUT2D eigenvalue weighted by Crippen LogP contribution is -2.40. The van der Waals surface area contributed by atoms with Gasteiger partial charge in [0.25, 0.3) is 5.91 Å². The van der Waals surface area contributed by atoms with E-state index in [0.29, 0.717) is 25.1 Å². The summed E-state index contributed by atoms with van der Waals surface area (Å²) in [6.07, 6.45) is 0.244. The zero-order chi connectivity index (χ0) is 15.2. The average molecular weight is 291 g/mol. The monoisotopic (exact) mass is 291 g/mol. The minimum Gasteiger partial charge on any atom is -0.375 e. The molecule has 1 unspecified atom stereocenters. The molecule has 0 saturated carbocycles. The topological polar surface area (TPSA) is 79.5 Å². The Morgan fingerprint density at radius 2 is 2.24 bits per heavy atom. The molecule has 2 rings (SSSR count). The van der Waals surface area contributed by atoms with E-state index in [1.165, 1.54) is 0 Å². The van der Waals surface area contributed by atoms with Crippen LogP contribution >= 0.6 is 0 Å². The van der Waals surface area contributed by atoms with Crippen LogP contribution in [0.3, 0.4) is 0 Å². The van der Waals surface area contributed by atoms with Gasteiger partial charge < -0.3 is 20.7 Å². The highest BCUT2D eigenvalue weighted by Gasteiger charge is 2.18. The van der Waals surface area contributed by atoms with Gasteiger partial charge in [-0.15, -0.1) is 0 Å². The fraction of sp³-hybridized carbons (Fsp3) is 0.467. The highest BCUT2D eigenvalue weighted by atomic mass is 16.5. The van der Waals surface area contributed by atoms with Gasteiger partial charge in [0, 0.05) is 31.4 Å². The van der Waals surface area contributed by atoms with Gasteiger partial charge in [0.15, 0.2) is 0 Å². The lowest BCUT2D eigenvalue weighted by Gasteiger charge is -2.23. The van der Waals surface area contributed by atoms with E-state index >= 15 is 0 Å². The lowest BCUT2D eigenvalue weighted by molar-refractivity contribution is -0.119.